The maximum Gasteiger partial charge on any atom is 0.251 e. The van der Waals surface area contributed by atoms with E-state index in [-0.39, 0.29) is 17.6 Å². The van der Waals surface area contributed by atoms with Gasteiger partial charge in [-0.2, -0.15) is 9.98 Å². The summed E-state index contributed by atoms with van der Waals surface area (Å²) in [6.45, 7) is 2.86. The van der Waals surface area contributed by atoms with Gasteiger partial charge in [-0.25, -0.2) is 0 Å². The molecule has 1 heterocycles. The van der Waals surface area contributed by atoms with Crippen molar-refractivity contribution in [3.8, 4) is 16.9 Å². The fourth-order valence-electron chi connectivity index (χ4n) is 5.87. The molecule has 0 spiro atoms. The molecule has 2 amide bonds. The number of phenolic OH excluding ortho intramolecular Hbond substituents is 1. The molecule has 0 unspecified atom stereocenters. The second kappa shape index (κ2) is 21.5. The van der Waals surface area contributed by atoms with Crippen LogP contribution in [0, 0.1) is 0 Å². The van der Waals surface area contributed by atoms with Gasteiger partial charge in [0.25, 0.3) is 11.8 Å². The Morgan fingerprint density at radius 3 is 2.05 bits per heavy atom. The molecule has 6 rings (SSSR count). The van der Waals surface area contributed by atoms with Crippen molar-refractivity contribution in [1.29, 1.82) is 0 Å². The van der Waals surface area contributed by atoms with Gasteiger partial charge < -0.3 is 35.8 Å². The number of anilines is 2. The number of amides is 2. The van der Waals surface area contributed by atoms with E-state index in [1.165, 1.54) is 0 Å². The molecule has 0 atom stereocenters. The molecular weight excluding hydrogens is 719 g/mol. The van der Waals surface area contributed by atoms with Gasteiger partial charge in [-0.3, -0.25) is 14.6 Å². The third-order valence-electron chi connectivity index (χ3n) is 8.81. The van der Waals surface area contributed by atoms with Crippen LogP contribution in [0.25, 0.3) is 11.1 Å². The van der Waals surface area contributed by atoms with Crippen molar-refractivity contribution in [2.75, 3.05) is 50.2 Å². The molecule has 57 heavy (non-hydrogen) atoms. The average Bonchev–Trinajstić information content (AvgIpc) is 3.24. The molecule has 5 N–H and O–H groups in total. The lowest BCUT2D eigenvalue weighted by Crippen LogP contribution is -2.27. The van der Waals surface area contributed by atoms with E-state index >= 15 is 0 Å². The van der Waals surface area contributed by atoms with Gasteiger partial charge in [0.1, 0.15) is 17.4 Å². The van der Waals surface area contributed by atoms with Crippen molar-refractivity contribution in [2.45, 2.75) is 25.8 Å². The lowest BCUT2D eigenvalue weighted by Gasteiger charge is -2.16. The van der Waals surface area contributed by atoms with Crippen LogP contribution in [0.1, 0.15) is 45.5 Å². The summed E-state index contributed by atoms with van der Waals surface area (Å²) in [6.07, 6.45) is 2.04. The SMILES string of the molecule is O=C(NCCOCCOCCN=C1CCCC(Nc2ccc(C(=O)NCc3cccc(-c4ccccc4)c3)cc2)=NC(Nc2ccc(O)cc2)=N1)c1ccccc1. The molecular formula is C45H47N7O5. The number of hydrogen-bond donors (Lipinski definition) is 5. The van der Waals surface area contributed by atoms with Gasteiger partial charge in [0.05, 0.1) is 33.0 Å². The molecule has 0 bridgehead atoms. The summed E-state index contributed by atoms with van der Waals surface area (Å²) in [5, 5.41) is 22.3. The summed E-state index contributed by atoms with van der Waals surface area (Å²) in [5.41, 5.74) is 5.92. The first kappa shape index (κ1) is 40.0. The first-order chi connectivity index (χ1) is 28.0. The Hall–Kier alpha value is -6.63. The number of nitrogens with one attached hydrogen (secondary N) is 4. The lowest BCUT2D eigenvalue weighted by molar-refractivity contribution is 0.0512. The van der Waals surface area contributed by atoms with E-state index in [1.54, 1.807) is 48.5 Å². The smallest absolute Gasteiger partial charge is 0.251 e. The number of hydrogen-bond acceptors (Lipinski definition) is 9. The highest BCUT2D eigenvalue weighted by atomic mass is 16.5. The third-order valence-corrected chi connectivity index (χ3v) is 8.81. The molecule has 1 aliphatic heterocycles. The minimum Gasteiger partial charge on any atom is -0.508 e. The van der Waals surface area contributed by atoms with Crippen molar-refractivity contribution in [3.05, 3.63) is 150 Å². The zero-order valence-corrected chi connectivity index (χ0v) is 31.7. The summed E-state index contributed by atoms with van der Waals surface area (Å²) < 4.78 is 11.3. The van der Waals surface area contributed by atoms with Gasteiger partial charge in [-0.15, -0.1) is 0 Å². The molecule has 0 saturated carbocycles. The molecule has 0 saturated heterocycles. The van der Waals surface area contributed by atoms with Crippen LogP contribution in [0.4, 0.5) is 11.4 Å². The molecule has 0 fully saturated rings. The number of benzene rings is 5. The number of guanidine groups is 1. The quantitative estimate of drug-likeness (QED) is 0.0521. The van der Waals surface area contributed by atoms with Crippen LogP contribution in [0.3, 0.4) is 0 Å². The first-order valence-corrected chi connectivity index (χ1v) is 19.0. The standard InChI is InChI=1S/C45H47N7O5/c53-40-23-21-39(22-24-40)50-45-51-41(46-25-27-56-29-30-57-28-26-47-43(54)35-12-5-2-6-13-35)15-8-16-42(52-45)49-38-19-17-36(18-20-38)44(55)48-32-33-9-7-14-37(31-33)34-10-3-1-4-11-34/h1-7,9-14,17-24,31,53H,8,15-16,25-30,32H2,(H,47,54)(H,48,55)(H2,46,49,50,51,52). The second-order valence-corrected chi connectivity index (χ2v) is 13.1. The van der Waals surface area contributed by atoms with Gasteiger partial charge in [0.15, 0.2) is 0 Å². The Morgan fingerprint density at radius 2 is 1.28 bits per heavy atom. The number of aromatic hydroxyl groups is 1. The van der Waals surface area contributed by atoms with E-state index in [1.807, 2.05) is 60.7 Å². The molecule has 5 aromatic rings. The number of aliphatic imine (C=N–C) groups is 3. The van der Waals surface area contributed by atoms with Crippen LogP contribution in [0.2, 0.25) is 0 Å². The molecule has 0 aromatic heterocycles. The molecule has 12 heteroatoms. The van der Waals surface area contributed by atoms with Crippen molar-refractivity contribution in [1.82, 2.24) is 10.6 Å². The molecule has 5 aromatic carbocycles. The zero-order valence-electron chi connectivity index (χ0n) is 31.7. The van der Waals surface area contributed by atoms with E-state index in [2.05, 4.69) is 50.5 Å². The highest BCUT2D eigenvalue weighted by molar-refractivity contribution is 6.11. The van der Waals surface area contributed by atoms with Crippen molar-refractivity contribution < 1.29 is 24.2 Å². The monoisotopic (exact) mass is 765 g/mol. The van der Waals surface area contributed by atoms with Crippen LogP contribution in [0.15, 0.2) is 148 Å². The van der Waals surface area contributed by atoms with E-state index in [4.69, 9.17) is 19.5 Å². The first-order valence-electron chi connectivity index (χ1n) is 19.0. The summed E-state index contributed by atoms with van der Waals surface area (Å²) in [5.74, 6) is 1.57. The zero-order chi connectivity index (χ0) is 39.5. The normalized spacial score (nSPS) is 13.4. The summed E-state index contributed by atoms with van der Waals surface area (Å²) in [6, 6.07) is 41.3. The summed E-state index contributed by atoms with van der Waals surface area (Å²) >= 11 is 0. The van der Waals surface area contributed by atoms with Gasteiger partial charge in [0, 0.05) is 48.4 Å². The van der Waals surface area contributed by atoms with E-state index in [9.17, 15) is 14.7 Å². The molecule has 292 valence electrons. The summed E-state index contributed by atoms with van der Waals surface area (Å²) in [7, 11) is 0. The van der Waals surface area contributed by atoms with Crippen LogP contribution >= 0.6 is 0 Å². The van der Waals surface area contributed by atoms with Crippen LogP contribution in [-0.4, -0.2) is 74.1 Å². The van der Waals surface area contributed by atoms with Crippen molar-refractivity contribution in [3.63, 3.8) is 0 Å². The van der Waals surface area contributed by atoms with Gasteiger partial charge in [0.2, 0.25) is 5.96 Å². The van der Waals surface area contributed by atoms with E-state index < -0.39 is 0 Å². The number of carbonyl (C=O) groups is 2. The average molecular weight is 766 g/mol. The van der Waals surface area contributed by atoms with Crippen molar-refractivity contribution in [2.24, 2.45) is 15.0 Å². The third kappa shape index (κ3) is 13.3. The number of ether oxygens (including phenoxy) is 2. The highest BCUT2D eigenvalue weighted by Gasteiger charge is 2.13. The minimum atomic E-state index is -0.158. The Labute approximate surface area is 332 Å². The number of phenols is 1. The fraction of sp³-hybridized carbons (Fsp3) is 0.222. The molecule has 12 nitrogen and oxygen atoms in total. The number of amidine groups is 2. The fourth-order valence-corrected chi connectivity index (χ4v) is 5.87. The van der Waals surface area contributed by atoms with E-state index in [0.29, 0.717) is 93.3 Å². The van der Waals surface area contributed by atoms with Crippen molar-refractivity contribution >= 4 is 40.8 Å². The molecule has 1 aliphatic rings. The van der Waals surface area contributed by atoms with E-state index in [0.717, 1.165) is 28.8 Å². The van der Waals surface area contributed by atoms with Gasteiger partial charge in [-0.05, 0) is 89.8 Å². The number of carbonyl (C=O) groups excluding carboxylic acids is 2. The van der Waals surface area contributed by atoms with Gasteiger partial charge in [-0.1, -0.05) is 66.7 Å². The number of nitrogens with zero attached hydrogens (tertiary/aromatic N) is 3. The lowest BCUT2D eigenvalue weighted by atomic mass is 10.0. The van der Waals surface area contributed by atoms with Crippen LogP contribution < -0.4 is 21.3 Å². The Bertz CT molecular complexity index is 2140. The Balaban J connectivity index is 0.988. The minimum absolute atomic E-state index is 0.128. The van der Waals surface area contributed by atoms with Crippen LogP contribution in [-0.2, 0) is 16.0 Å². The Morgan fingerprint density at radius 1 is 0.632 bits per heavy atom. The predicted molar refractivity (Wildman–Crippen MR) is 226 cm³/mol. The largest absolute Gasteiger partial charge is 0.508 e. The molecule has 0 radical (unpaired) electrons. The van der Waals surface area contributed by atoms with Gasteiger partial charge >= 0.3 is 0 Å². The maximum absolute atomic E-state index is 13.0. The molecule has 0 aliphatic carbocycles. The topological polar surface area (TPSA) is 158 Å². The van der Waals surface area contributed by atoms with Crippen LogP contribution in [0.5, 0.6) is 5.75 Å². The number of rotatable bonds is 16. The maximum atomic E-state index is 13.0. The summed E-state index contributed by atoms with van der Waals surface area (Å²) in [4.78, 5) is 39.4. The predicted octanol–water partition coefficient (Wildman–Crippen LogP) is 7.31. The Kier molecular flexibility index (Phi) is 15.1. The second-order valence-electron chi connectivity index (χ2n) is 13.1. The highest BCUT2D eigenvalue weighted by Crippen LogP contribution is 2.21.